The summed E-state index contributed by atoms with van der Waals surface area (Å²) >= 11 is 0. The molecule has 4 N–H and O–H groups in total. The minimum atomic E-state index is 0.0153. The molecule has 1 aliphatic heterocycles. The largest absolute Gasteiger partial charge is 0.361 e. The number of urea groups is 1. The van der Waals surface area contributed by atoms with E-state index >= 15 is 0 Å². The monoisotopic (exact) mass is 272 g/mol. The van der Waals surface area contributed by atoms with Crippen molar-refractivity contribution in [2.75, 3.05) is 20.1 Å². The number of carbonyl (C=O) groups excluding carboxylic acids is 1. The molecule has 2 heterocycles. The van der Waals surface area contributed by atoms with Gasteiger partial charge in [-0.15, -0.1) is 0 Å². The van der Waals surface area contributed by atoms with Crippen LogP contribution >= 0.6 is 0 Å². The molecule has 106 valence electrons. The van der Waals surface area contributed by atoms with Crippen molar-refractivity contribution in [1.82, 2.24) is 15.2 Å². The van der Waals surface area contributed by atoms with Crippen molar-refractivity contribution in [1.29, 1.82) is 0 Å². The zero-order chi connectivity index (χ0) is 14.1. The van der Waals surface area contributed by atoms with Gasteiger partial charge in [-0.05, 0) is 42.6 Å². The van der Waals surface area contributed by atoms with Crippen molar-refractivity contribution in [3.05, 3.63) is 35.5 Å². The molecule has 5 nitrogen and oxygen atoms in total. The molecule has 3 rings (SSSR count). The third-order valence-electron chi connectivity index (χ3n) is 4.07. The topological polar surface area (TPSA) is 74.2 Å². The first-order valence-electron chi connectivity index (χ1n) is 6.98. The number of nitrogens with one attached hydrogen (secondary N) is 2. The van der Waals surface area contributed by atoms with E-state index < -0.39 is 0 Å². The Balaban J connectivity index is 1.85. The number of hydrogen-bond acceptors (Lipinski definition) is 2. The van der Waals surface area contributed by atoms with Crippen LogP contribution in [-0.4, -0.2) is 42.1 Å². The first-order chi connectivity index (χ1) is 9.69. The molecule has 1 fully saturated rings. The number of H-pyrrole nitrogens is 1. The summed E-state index contributed by atoms with van der Waals surface area (Å²) in [5.41, 5.74) is 9.31. The summed E-state index contributed by atoms with van der Waals surface area (Å²) in [6, 6.07) is 6.70. The predicted molar refractivity (Wildman–Crippen MR) is 79.7 cm³/mol. The molecule has 1 atom stereocenters. The smallest absolute Gasteiger partial charge is 0.317 e. The van der Waals surface area contributed by atoms with Crippen LogP contribution in [0.2, 0.25) is 0 Å². The molecule has 2 aromatic rings. The predicted octanol–water partition coefficient (Wildman–Crippen LogP) is 1.24. The summed E-state index contributed by atoms with van der Waals surface area (Å²) in [5, 5.41) is 4.11. The Morgan fingerprint density at radius 2 is 2.30 bits per heavy atom. The van der Waals surface area contributed by atoms with Gasteiger partial charge in [0, 0.05) is 30.7 Å². The molecule has 1 aromatic carbocycles. The number of nitrogens with zero attached hydrogens (tertiary/aromatic N) is 1. The van der Waals surface area contributed by atoms with Gasteiger partial charge in [-0.1, -0.05) is 6.07 Å². The van der Waals surface area contributed by atoms with Crippen LogP contribution in [0, 0.1) is 0 Å². The number of fused-ring (bicyclic) bond motifs is 1. The average Bonchev–Trinajstić information content (AvgIpc) is 2.98. The van der Waals surface area contributed by atoms with Gasteiger partial charge in [0.15, 0.2) is 0 Å². The lowest BCUT2D eigenvalue weighted by atomic mass is 10.0. The maximum absolute atomic E-state index is 11.5. The fourth-order valence-electron chi connectivity index (χ4n) is 2.83. The van der Waals surface area contributed by atoms with Crippen LogP contribution in [0.5, 0.6) is 0 Å². The third kappa shape index (κ3) is 2.25. The van der Waals surface area contributed by atoms with Crippen LogP contribution in [-0.2, 0) is 12.8 Å². The van der Waals surface area contributed by atoms with Gasteiger partial charge >= 0.3 is 6.03 Å². The van der Waals surface area contributed by atoms with Crippen LogP contribution in [0.1, 0.15) is 11.1 Å². The molecule has 0 saturated carbocycles. The normalized spacial score (nSPS) is 18.8. The highest BCUT2D eigenvalue weighted by molar-refractivity contribution is 5.84. The summed E-state index contributed by atoms with van der Waals surface area (Å²) in [5.74, 6) is 0. The summed E-state index contributed by atoms with van der Waals surface area (Å²) in [6.07, 6.45) is 3.79. The maximum Gasteiger partial charge on any atom is 0.317 e. The Morgan fingerprint density at radius 3 is 3.00 bits per heavy atom. The van der Waals surface area contributed by atoms with E-state index in [1.165, 1.54) is 16.5 Å². The summed E-state index contributed by atoms with van der Waals surface area (Å²) in [6.45, 7) is 1.37. The first kappa shape index (κ1) is 13.0. The van der Waals surface area contributed by atoms with Crippen molar-refractivity contribution >= 4 is 16.9 Å². The number of benzene rings is 1. The number of carbonyl (C=O) groups is 1. The maximum atomic E-state index is 11.5. The van der Waals surface area contributed by atoms with Gasteiger partial charge in [-0.3, -0.25) is 0 Å². The second-order valence-electron chi connectivity index (χ2n) is 5.39. The first-order valence-corrected chi connectivity index (χ1v) is 6.98. The van der Waals surface area contributed by atoms with Crippen LogP contribution in [0.4, 0.5) is 4.79 Å². The Labute approximate surface area is 118 Å². The van der Waals surface area contributed by atoms with Crippen LogP contribution in [0.3, 0.4) is 0 Å². The van der Waals surface area contributed by atoms with Crippen molar-refractivity contribution in [3.8, 4) is 0 Å². The Kier molecular flexibility index (Phi) is 3.36. The quantitative estimate of drug-likeness (QED) is 0.783. The van der Waals surface area contributed by atoms with Gasteiger partial charge in [0.2, 0.25) is 0 Å². The minimum absolute atomic E-state index is 0.0153. The van der Waals surface area contributed by atoms with Gasteiger partial charge in [-0.2, -0.15) is 0 Å². The van der Waals surface area contributed by atoms with Gasteiger partial charge in [0.1, 0.15) is 0 Å². The fraction of sp³-hybridized carbons (Fsp3) is 0.400. The number of aromatic nitrogens is 1. The zero-order valence-electron chi connectivity index (χ0n) is 11.6. The lowest BCUT2D eigenvalue weighted by Crippen LogP contribution is -2.31. The molecule has 1 aliphatic rings. The van der Waals surface area contributed by atoms with E-state index in [4.69, 9.17) is 5.73 Å². The Bertz CT molecular complexity index is 634. The van der Waals surface area contributed by atoms with Crippen LogP contribution < -0.4 is 11.1 Å². The molecule has 5 heteroatoms. The Morgan fingerprint density at radius 1 is 1.45 bits per heavy atom. The van der Waals surface area contributed by atoms with Crippen LogP contribution in [0.15, 0.2) is 24.4 Å². The minimum Gasteiger partial charge on any atom is -0.361 e. The lowest BCUT2D eigenvalue weighted by molar-refractivity contribution is 0.216. The van der Waals surface area contributed by atoms with Crippen molar-refractivity contribution < 1.29 is 4.79 Å². The standard InChI is InChI=1S/C15H20N4O/c1-19-12(9-18-15(19)20)6-10-2-3-14-13(7-10)11(4-5-16)8-17-14/h2-3,7-8,12,17H,4-6,9,16H2,1H3,(H,18,20)/t12-/m0/s1. The molecule has 0 unspecified atom stereocenters. The molecule has 1 saturated heterocycles. The average molecular weight is 272 g/mol. The van der Waals surface area contributed by atoms with E-state index in [0.29, 0.717) is 6.54 Å². The number of hydrogen-bond donors (Lipinski definition) is 3. The number of likely N-dealkylation sites (N-methyl/N-ethyl adjacent to an activating group) is 1. The van der Waals surface area contributed by atoms with Crippen LogP contribution in [0.25, 0.3) is 10.9 Å². The molecular formula is C15H20N4O. The van der Waals surface area contributed by atoms with Gasteiger partial charge in [-0.25, -0.2) is 4.79 Å². The summed E-state index contributed by atoms with van der Waals surface area (Å²) in [7, 11) is 1.85. The van der Waals surface area contributed by atoms with E-state index in [1.807, 2.05) is 13.2 Å². The molecule has 1 aromatic heterocycles. The third-order valence-corrected chi connectivity index (χ3v) is 4.07. The molecule has 2 amide bonds. The van der Waals surface area contributed by atoms with Gasteiger partial charge < -0.3 is 20.9 Å². The van der Waals surface area contributed by atoms with Crippen molar-refractivity contribution in [3.63, 3.8) is 0 Å². The second-order valence-corrected chi connectivity index (χ2v) is 5.39. The molecule has 20 heavy (non-hydrogen) atoms. The number of amides is 2. The SMILES string of the molecule is CN1C(=O)NC[C@@H]1Cc1ccc2[nH]cc(CCN)c2c1. The molecule has 0 bridgehead atoms. The van der Waals surface area contributed by atoms with Gasteiger partial charge in [0.05, 0.1) is 6.04 Å². The lowest BCUT2D eigenvalue weighted by Gasteiger charge is -2.17. The second kappa shape index (κ2) is 5.17. The highest BCUT2D eigenvalue weighted by Crippen LogP contribution is 2.22. The highest BCUT2D eigenvalue weighted by atomic mass is 16.2. The molecular weight excluding hydrogens is 252 g/mol. The summed E-state index contributed by atoms with van der Waals surface area (Å²) in [4.78, 5) is 16.5. The Hall–Kier alpha value is -2.01. The van der Waals surface area contributed by atoms with Crippen molar-refractivity contribution in [2.24, 2.45) is 5.73 Å². The number of nitrogens with two attached hydrogens (primary N) is 1. The van der Waals surface area contributed by atoms with Gasteiger partial charge in [0.25, 0.3) is 0 Å². The van der Waals surface area contributed by atoms with E-state index in [2.05, 4.69) is 28.5 Å². The number of aromatic amines is 1. The van der Waals surface area contributed by atoms with E-state index in [0.717, 1.165) is 24.9 Å². The van der Waals surface area contributed by atoms with E-state index in [9.17, 15) is 4.79 Å². The molecule has 0 spiro atoms. The van der Waals surface area contributed by atoms with E-state index in [1.54, 1.807) is 4.90 Å². The molecule has 0 aliphatic carbocycles. The highest BCUT2D eigenvalue weighted by Gasteiger charge is 2.27. The zero-order valence-corrected chi connectivity index (χ0v) is 11.6. The van der Waals surface area contributed by atoms with E-state index in [-0.39, 0.29) is 12.1 Å². The fourth-order valence-corrected chi connectivity index (χ4v) is 2.83. The molecule has 0 radical (unpaired) electrons. The summed E-state index contributed by atoms with van der Waals surface area (Å²) < 4.78 is 0. The number of rotatable bonds is 4. The van der Waals surface area contributed by atoms with Crippen molar-refractivity contribution in [2.45, 2.75) is 18.9 Å².